The lowest BCUT2D eigenvalue weighted by atomic mass is 10.2. The Morgan fingerprint density at radius 2 is 1.37 bits per heavy atom. The zero-order valence-corrected chi connectivity index (χ0v) is 16.3. The molecule has 0 aliphatic heterocycles. The molecular formula is C21H20Cl2N2O2. The molecule has 0 unspecified atom stereocenters. The Morgan fingerprint density at radius 3 is 2.00 bits per heavy atom. The summed E-state index contributed by atoms with van der Waals surface area (Å²) in [5.41, 5.74) is 3.31. The highest BCUT2D eigenvalue weighted by Gasteiger charge is 2.09. The third-order valence-electron chi connectivity index (χ3n) is 3.82. The monoisotopic (exact) mass is 402 g/mol. The lowest BCUT2D eigenvalue weighted by Gasteiger charge is -2.16. The number of halogens is 2. The molecule has 6 heteroatoms. The summed E-state index contributed by atoms with van der Waals surface area (Å²) in [5, 5.41) is 7.92. The van der Waals surface area contributed by atoms with Gasteiger partial charge in [-0.1, -0.05) is 47.5 Å². The quantitative estimate of drug-likeness (QED) is 0.421. The van der Waals surface area contributed by atoms with Gasteiger partial charge in [0.1, 0.15) is 12.4 Å². The summed E-state index contributed by atoms with van der Waals surface area (Å²) in [4.78, 5) is 0. The van der Waals surface area contributed by atoms with Crippen LogP contribution >= 0.6 is 23.2 Å². The van der Waals surface area contributed by atoms with Crippen molar-refractivity contribution in [3.63, 3.8) is 0 Å². The van der Waals surface area contributed by atoms with E-state index in [1.807, 2.05) is 66.7 Å². The molecule has 140 valence electrons. The molecular weight excluding hydrogens is 383 g/mol. The molecule has 0 aliphatic rings. The predicted octanol–water partition coefficient (Wildman–Crippen LogP) is 6.51. The molecule has 3 aromatic carbocycles. The SMILES string of the molecule is COCCOc1cc(Nc2ccccc2Cl)ccc1Nc1ccccc1Cl. The van der Waals surface area contributed by atoms with E-state index in [4.69, 9.17) is 32.7 Å². The van der Waals surface area contributed by atoms with Crippen LogP contribution in [0.25, 0.3) is 0 Å². The van der Waals surface area contributed by atoms with Crippen molar-refractivity contribution in [3.05, 3.63) is 76.8 Å². The van der Waals surface area contributed by atoms with E-state index in [2.05, 4.69) is 10.6 Å². The molecule has 0 radical (unpaired) electrons. The van der Waals surface area contributed by atoms with Gasteiger partial charge in [-0.25, -0.2) is 0 Å². The fraction of sp³-hybridized carbons (Fsp3) is 0.143. The summed E-state index contributed by atoms with van der Waals surface area (Å²) in [7, 11) is 1.64. The molecule has 2 N–H and O–H groups in total. The van der Waals surface area contributed by atoms with Gasteiger partial charge in [0.2, 0.25) is 0 Å². The second-order valence-electron chi connectivity index (χ2n) is 5.76. The van der Waals surface area contributed by atoms with E-state index in [9.17, 15) is 0 Å². The number of ether oxygens (including phenoxy) is 2. The first-order chi connectivity index (χ1) is 13.2. The Bertz CT molecular complexity index is 903. The van der Waals surface area contributed by atoms with Crippen LogP contribution in [0.4, 0.5) is 22.7 Å². The Kier molecular flexibility index (Phi) is 6.82. The average Bonchev–Trinajstić information content (AvgIpc) is 2.67. The lowest BCUT2D eigenvalue weighted by Crippen LogP contribution is -2.06. The second kappa shape index (κ2) is 9.51. The molecule has 0 bridgehead atoms. The van der Waals surface area contributed by atoms with Gasteiger partial charge >= 0.3 is 0 Å². The van der Waals surface area contributed by atoms with Gasteiger partial charge in [-0.05, 0) is 36.4 Å². The number of benzene rings is 3. The van der Waals surface area contributed by atoms with Gasteiger partial charge in [0.05, 0.1) is 33.7 Å². The lowest BCUT2D eigenvalue weighted by molar-refractivity contribution is 0.147. The van der Waals surface area contributed by atoms with E-state index in [0.717, 1.165) is 22.7 Å². The fourth-order valence-corrected chi connectivity index (χ4v) is 2.85. The number of anilines is 4. The van der Waals surface area contributed by atoms with E-state index >= 15 is 0 Å². The van der Waals surface area contributed by atoms with Crippen LogP contribution in [0.15, 0.2) is 66.7 Å². The van der Waals surface area contributed by atoms with Crippen LogP contribution in [-0.2, 0) is 4.74 Å². The van der Waals surface area contributed by atoms with E-state index in [1.165, 1.54) is 0 Å². The van der Waals surface area contributed by atoms with Gasteiger partial charge in [0, 0.05) is 18.9 Å². The third-order valence-corrected chi connectivity index (χ3v) is 4.48. The van der Waals surface area contributed by atoms with Crippen molar-refractivity contribution in [2.24, 2.45) is 0 Å². The van der Waals surface area contributed by atoms with Crippen molar-refractivity contribution in [2.75, 3.05) is 31.0 Å². The molecule has 3 rings (SSSR count). The maximum Gasteiger partial charge on any atom is 0.144 e. The fourth-order valence-electron chi connectivity index (χ4n) is 2.48. The van der Waals surface area contributed by atoms with Crippen molar-refractivity contribution >= 4 is 46.0 Å². The summed E-state index contributed by atoms with van der Waals surface area (Å²) < 4.78 is 11.0. The summed E-state index contributed by atoms with van der Waals surface area (Å²) in [5.74, 6) is 0.684. The Morgan fingerprint density at radius 1 is 0.741 bits per heavy atom. The van der Waals surface area contributed by atoms with Crippen LogP contribution in [0.1, 0.15) is 0 Å². The van der Waals surface area contributed by atoms with Crippen LogP contribution in [0.3, 0.4) is 0 Å². The Balaban J connectivity index is 1.86. The molecule has 0 heterocycles. The number of nitrogens with one attached hydrogen (secondary N) is 2. The van der Waals surface area contributed by atoms with Crippen molar-refractivity contribution in [2.45, 2.75) is 0 Å². The van der Waals surface area contributed by atoms with Gasteiger partial charge < -0.3 is 20.1 Å². The van der Waals surface area contributed by atoms with Crippen LogP contribution < -0.4 is 15.4 Å². The summed E-state index contributed by atoms with van der Waals surface area (Å²) >= 11 is 12.5. The highest BCUT2D eigenvalue weighted by atomic mass is 35.5. The minimum absolute atomic E-state index is 0.434. The van der Waals surface area contributed by atoms with Crippen molar-refractivity contribution < 1.29 is 9.47 Å². The highest BCUT2D eigenvalue weighted by Crippen LogP contribution is 2.35. The molecule has 0 amide bonds. The molecule has 0 saturated heterocycles. The minimum atomic E-state index is 0.434. The number of methoxy groups -OCH3 is 1. The first-order valence-electron chi connectivity index (χ1n) is 8.46. The topological polar surface area (TPSA) is 42.5 Å². The predicted molar refractivity (Wildman–Crippen MR) is 113 cm³/mol. The number of hydrogen-bond acceptors (Lipinski definition) is 4. The number of hydrogen-bond donors (Lipinski definition) is 2. The largest absolute Gasteiger partial charge is 0.489 e. The van der Waals surface area contributed by atoms with Gasteiger partial charge in [-0.15, -0.1) is 0 Å². The average molecular weight is 403 g/mol. The molecule has 0 fully saturated rings. The smallest absolute Gasteiger partial charge is 0.144 e. The van der Waals surface area contributed by atoms with Crippen LogP contribution in [0.5, 0.6) is 5.75 Å². The molecule has 0 aliphatic carbocycles. The van der Waals surface area contributed by atoms with Gasteiger partial charge in [0.25, 0.3) is 0 Å². The highest BCUT2D eigenvalue weighted by molar-refractivity contribution is 6.33. The summed E-state index contributed by atoms with van der Waals surface area (Å²) in [6, 6.07) is 20.9. The van der Waals surface area contributed by atoms with Crippen LogP contribution in [0.2, 0.25) is 10.0 Å². The molecule has 27 heavy (non-hydrogen) atoms. The van der Waals surface area contributed by atoms with E-state index in [0.29, 0.717) is 29.0 Å². The van der Waals surface area contributed by atoms with Crippen molar-refractivity contribution in [3.8, 4) is 5.75 Å². The summed E-state index contributed by atoms with van der Waals surface area (Å²) in [6.07, 6.45) is 0. The molecule has 0 atom stereocenters. The van der Waals surface area contributed by atoms with Crippen molar-refractivity contribution in [1.82, 2.24) is 0 Å². The van der Waals surface area contributed by atoms with E-state index in [-0.39, 0.29) is 0 Å². The standard InChI is InChI=1S/C21H20Cl2N2O2/c1-26-12-13-27-21-14-15(24-18-8-4-2-6-16(18)22)10-11-20(21)25-19-9-5-3-7-17(19)23/h2-11,14,24-25H,12-13H2,1H3. The van der Waals surface area contributed by atoms with Crippen LogP contribution in [0, 0.1) is 0 Å². The first-order valence-corrected chi connectivity index (χ1v) is 9.22. The first kappa shape index (κ1) is 19.4. The zero-order chi connectivity index (χ0) is 19.1. The molecule has 4 nitrogen and oxygen atoms in total. The zero-order valence-electron chi connectivity index (χ0n) is 14.8. The molecule has 0 spiro atoms. The normalized spacial score (nSPS) is 10.5. The van der Waals surface area contributed by atoms with E-state index in [1.54, 1.807) is 7.11 Å². The maximum absolute atomic E-state index is 6.26. The van der Waals surface area contributed by atoms with Crippen molar-refractivity contribution in [1.29, 1.82) is 0 Å². The molecule has 0 saturated carbocycles. The summed E-state index contributed by atoms with van der Waals surface area (Å²) in [6.45, 7) is 0.928. The Hall–Kier alpha value is -2.40. The minimum Gasteiger partial charge on any atom is -0.489 e. The maximum atomic E-state index is 6.26. The number of rotatable bonds is 8. The van der Waals surface area contributed by atoms with Gasteiger partial charge in [-0.2, -0.15) is 0 Å². The van der Waals surface area contributed by atoms with E-state index < -0.39 is 0 Å². The van der Waals surface area contributed by atoms with Gasteiger partial charge in [-0.3, -0.25) is 0 Å². The molecule has 0 aromatic heterocycles. The van der Waals surface area contributed by atoms with Crippen LogP contribution in [-0.4, -0.2) is 20.3 Å². The molecule has 3 aromatic rings. The number of para-hydroxylation sites is 2. The van der Waals surface area contributed by atoms with Gasteiger partial charge in [0.15, 0.2) is 0 Å². The Labute approximate surface area is 169 Å². The second-order valence-corrected chi connectivity index (χ2v) is 6.58. The third kappa shape index (κ3) is 5.30.